The van der Waals surface area contributed by atoms with Crippen LogP contribution in [0.15, 0.2) is 30.3 Å². The molecular weight excluding hydrogens is 488 g/mol. The van der Waals surface area contributed by atoms with E-state index in [0.717, 1.165) is 24.6 Å². The Morgan fingerprint density at radius 3 is 2.50 bits per heavy atom. The average Bonchev–Trinajstić information content (AvgIpc) is 2.76. The molecule has 0 radical (unpaired) electrons. The Kier molecular flexibility index (Phi) is 7.98. The van der Waals surface area contributed by atoms with Crippen molar-refractivity contribution in [2.45, 2.75) is 51.5 Å². The summed E-state index contributed by atoms with van der Waals surface area (Å²) in [4.78, 5) is 12.8. The van der Waals surface area contributed by atoms with Gasteiger partial charge in [0.1, 0.15) is 0 Å². The minimum absolute atomic E-state index is 0.0598. The van der Waals surface area contributed by atoms with Gasteiger partial charge >= 0.3 is 21.6 Å². The lowest BCUT2D eigenvalue weighted by atomic mass is 9.82. The van der Waals surface area contributed by atoms with Gasteiger partial charge in [0.15, 0.2) is 5.75 Å². The first-order chi connectivity index (χ1) is 15.9. The zero-order chi connectivity index (χ0) is 25.3. The van der Waals surface area contributed by atoms with Crippen LogP contribution in [0, 0.1) is 12.8 Å². The summed E-state index contributed by atoms with van der Waals surface area (Å²) in [6.07, 6.45) is 3.27. The Labute approximate surface area is 199 Å². The van der Waals surface area contributed by atoms with Gasteiger partial charge in [-0.1, -0.05) is 46.7 Å². The lowest BCUT2D eigenvalue weighted by Gasteiger charge is -2.25. The van der Waals surface area contributed by atoms with Crippen molar-refractivity contribution in [1.82, 2.24) is 0 Å². The minimum Gasteiger partial charge on any atom is -0.469 e. The third kappa shape index (κ3) is 5.57. The summed E-state index contributed by atoms with van der Waals surface area (Å²) < 4.78 is 73.1. The Bertz CT molecular complexity index is 1180. The predicted octanol–water partition coefficient (Wildman–Crippen LogP) is 5.44. The number of rotatable bonds is 7. The van der Waals surface area contributed by atoms with Crippen molar-refractivity contribution in [1.29, 1.82) is 0 Å². The monoisotopic (exact) mass is 516 g/mol. The molecule has 0 saturated carbocycles. The van der Waals surface area contributed by atoms with Gasteiger partial charge < -0.3 is 8.92 Å². The van der Waals surface area contributed by atoms with Crippen LogP contribution in [0.3, 0.4) is 0 Å². The van der Waals surface area contributed by atoms with E-state index in [1.165, 1.54) is 24.5 Å². The van der Waals surface area contributed by atoms with E-state index in [-0.39, 0.29) is 11.5 Å². The fraction of sp³-hybridized carbons (Fsp3) is 0.458. The lowest BCUT2D eigenvalue weighted by molar-refractivity contribution is -0.142. The van der Waals surface area contributed by atoms with Crippen molar-refractivity contribution in [2.75, 3.05) is 13.3 Å². The topological polar surface area (TPSA) is 69.7 Å². The summed E-state index contributed by atoms with van der Waals surface area (Å²) >= 11 is 0. The smallest absolute Gasteiger partial charge is 0.469 e. The number of fused-ring (bicyclic) bond motifs is 1. The van der Waals surface area contributed by atoms with Crippen LogP contribution in [-0.2, 0) is 26.1 Å². The Morgan fingerprint density at radius 2 is 1.88 bits per heavy atom. The zero-order valence-corrected chi connectivity index (χ0v) is 21.3. The van der Waals surface area contributed by atoms with Crippen LogP contribution in [0.1, 0.15) is 49.3 Å². The first-order valence-corrected chi connectivity index (χ1v) is 13.6. The van der Waals surface area contributed by atoms with E-state index < -0.39 is 33.3 Å². The van der Waals surface area contributed by atoms with Crippen molar-refractivity contribution in [3.05, 3.63) is 47.0 Å². The second kappa shape index (κ2) is 10.2. The molecule has 0 bridgehead atoms. The van der Waals surface area contributed by atoms with Crippen LogP contribution in [0.25, 0.3) is 11.1 Å². The summed E-state index contributed by atoms with van der Waals surface area (Å²) in [6.45, 7) is 5.56. The third-order valence-electron chi connectivity index (χ3n) is 5.78. The maximum Gasteiger partial charge on any atom is 0.534 e. The van der Waals surface area contributed by atoms with Gasteiger partial charge in [-0.15, -0.1) is 0 Å². The molecular formula is C24H28F3O5PS. The minimum atomic E-state index is -5.92. The van der Waals surface area contributed by atoms with E-state index in [2.05, 4.69) is 4.18 Å². The summed E-state index contributed by atoms with van der Waals surface area (Å²) in [6, 6.07) is 8.23. The van der Waals surface area contributed by atoms with Gasteiger partial charge in [-0.2, -0.15) is 21.6 Å². The van der Waals surface area contributed by atoms with Crippen molar-refractivity contribution in [3.63, 3.8) is 0 Å². The molecule has 0 saturated heterocycles. The normalized spacial score (nSPS) is 15.8. The number of aryl methyl sites for hydroxylation is 2. The molecule has 0 aromatic heterocycles. The second-order valence-electron chi connectivity index (χ2n) is 8.76. The quantitative estimate of drug-likeness (QED) is 0.212. The van der Waals surface area contributed by atoms with Crippen LogP contribution < -0.4 is 9.49 Å². The van der Waals surface area contributed by atoms with Crippen molar-refractivity contribution >= 4 is 30.0 Å². The van der Waals surface area contributed by atoms with Gasteiger partial charge in [-0.05, 0) is 71.9 Å². The first-order valence-electron chi connectivity index (χ1n) is 10.9. The molecule has 2 aromatic rings. The highest BCUT2D eigenvalue weighted by atomic mass is 32.2. The molecule has 2 atom stereocenters. The second-order valence-corrected chi connectivity index (χ2v) is 11.7. The van der Waals surface area contributed by atoms with Crippen LogP contribution in [0.2, 0.25) is 0 Å². The molecule has 186 valence electrons. The Hall–Kier alpha value is -2.12. The molecule has 1 aliphatic heterocycles. The molecule has 3 rings (SSSR count). The molecule has 2 aromatic carbocycles. The fourth-order valence-electron chi connectivity index (χ4n) is 4.26. The van der Waals surface area contributed by atoms with Crippen molar-refractivity contribution < 1.29 is 35.3 Å². The zero-order valence-electron chi connectivity index (χ0n) is 19.5. The van der Waals surface area contributed by atoms with Crippen molar-refractivity contribution in [2.24, 2.45) is 5.92 Å². The lowest BCUT2D eigenvalue weighted by Crippen LogP contribution is -2.28. The first kappa shape index (κ1) is 26.5. The Morgan fingerprint density at radius 1 is 1.18 bits per heavy atom. The van der Waals surface area contributed by atoms with E-state index >= 15 is 0 Å². The van der Waals surface area contributed by atoms with E-state index in [9.17, 15) is 26.4 Å². The Balaban J connectivity index is 2.31. The maximum absolute atomic E-state index is 13.2. The summed E-state index contributed by atoms with van der Waals surface area (Å²) in [5.41, 5.74) is -2.81. The van der Waals surface area contributed by atoms with Gasteiger partial charge in [0, 0.05) is 5.56 Å². The van der Waals surface area contributed by atoms with Crippen molar-refractivity contribution in [3.8, 4) is 16.9 Å². The molecule has 1 heterocycles. The predicted molar refractivity (Wildman–Crippen MR) is 128 cm³/mol. The average molecular weight is 517 g/mol. The highest BCUT2D eigenvalue weighted by Gasteiger charge is 2.49. The number of carbonyl (C=O) groups is 1. The van der Waals surface area contributed by atoms with Crippen LogP contribution in [-0.4, -0.2) is 33.2 Å². The number of hydrogen-bond donors (Lipinski definition) is 0. The van der Waals surface area contributed by atoms with E-state index in [1.54, 1.807) is 13.0 Å². The molecule has 0 N–H and O–H groups in total. The number of methoxy groups -OCH3 is 1. The standard InChI is InChI=1S/C24H28F3O5PS/c1-14(2)12-18(23(28)31-4)21-15(3)7-9-19(32-34(29,30)24(25,26)27)22(21)17-8-10-20-16(13-17)6-5-11-33-20/h7-10,13-14,18,33H,5-6,11-12H2,1-4H3. The SMILES string of the molecule is COC(=O)C(CC(C)C)c1c(C)ccc(OS(=O)(=O)C(F)(F)F)c1-c1ccc2c(c1)CCCP2. The molecule has 0 aliphatic carbocycles. The number of ether oxygens (including phenoxy) is 1. The van der Waals surface area contributed by atoms with Crippen LogP contribution in [0.4, 0.5) is 13.2 Å². The van der Waals surface area contributed by atoms with Gasteiger partial charge in [0.2, 0.25) is 0 Å². The summed E-state index contributed by atoms with van der Waals surface area (Å²) in [7, 11) is -4.03. The molecule has 0 spiro atoms. The largest absolute Gasteiger partial charge is 0.534 e. The van der Waals surface area contributed by atoms with E-state index in [1.807, 2.05) is 26.0 Å². The molecule has 0 fully saturated rings. The van der Waals surface area contributed by atoms with E-state index in [0.29, 0.717) is 31.7 Å². The molecule has 34 heavy (non-hydrogen) atoms. The number of halogens is 3. The van der Waals surface area contributed by atoms with Gasteiger partial charge in [0.05, 0.1) is 13.0 Å². The summed E-state index contributed by atoms with van der Waals surface area (Å²) in [5, 5.41) is 1.18. The molecule has 0 amide bonds. The van der Waals surface area contributed by atoms with Gasteiger partial charge in [-0.25, -0.2) is 0 Å². The van der Waals surface area contributed by atoms with Crippen LogP contribution >= 0.6 is 8.58 Å². The molecule has 2 unspecified atom stereocenters. The van der Waals surface area contributed by atoms with Gasteiger partial charge in [-0.3, -0.25) is 4.79 Å². The molecule has 1 aliphatic rings. The number of benzene rings is 2. The number of alkyl halides is 3. The summed E-state index contributed by atoms with van der Waals surface area (Å²) in [5.74, 6) is -1.76. The third-order valence-corrected chi connectivity index (χ3v) is 8.22. The number of hydrogen-bond acceptors (Lipinski definition) is 5. The molecule has 10 heteroatoms. The highest BCUT2D eigenvalue weighted by molar-refractivity contribution is 7.88. The van der Waals surface area contributed by atoms with E-state index in [4.69, 9.17) is 4.74 Å². The number of esters is 1. The highest BCUT2D eigenvalue weighted by Crippen LogP contribution is 2.44. The van der Waals surface area contributed by atoms with Crippen LogP contribution in [0.5, 0.6) is 5.75 Å². The number of carbonyl (C=O) groups excluding carboxylic acids is 1. The maximum atomic E-state index is 13.2. The fourth-order valence-corrected chi connectivity index (χ4v) is 5.98. The van der Waals surface area contributed by atoms with Gasteiger partial charge in [0.25, 0.3) is 0 Å². The molecule has 5 nitrogen and oxygen atoms in total.